The highest BCUT2D eigenvalue weighted by Gasteiger charge is 2.31. The summed E-state index contributed by atoms with van der Waals surface area (Å²) in [5.74, 6) is -0.187. The van der Waals surface area contributed by atoms with E-state index in [1.165, 1.54) is 13.2 Å². The third-order valence-corrected chi connectivity index (χ3v) is 5.63. The number of aliphatic hydroxyl groups is 1. The van der Waals surface area contributed by atoms with Crippen molar-refractivity contribution in [2.75, 3.05) is 7.11 Å². The fourth-order valence-corrected chi connectivity index (χ4v) is 3.85. The molecular weight excluding hydrogens is 408 g/mol. The molecule has 2 N–H and O–H groups in total. The van der Waals surface area contributed by atoms with Gasteiger partial charge in [0.15, 0.2) is 11.5 Å². The largest absolute Gasteiger partial charge is 0.504 e. The van der Waals surface area contributed by atoms with Crippen LogP contribution in [0.3, 0.4) is 0 Å². The molecule has 1 aliphatic rings. The standard InChI is InChI=1S/C23H25ClO6/c1-6-13-12(4)19(24)15-10-29-23(27)18-17(30-22(15)20(13)26)8-7-14(21(18)28-5)16(25)9-11(2)3/h6-8,11,16,25-26H,1,9-10H2,2-5H3/t16-/m0/s1. The molecule has 160 valence electrons. The Labute approximate surface area is 180 Å². The summed E-state index contributed by atoms with van der Waals surface area (Å²) in [6.45, 7) is 9.24. The maximum absolute atomic E-state index is 12.9. The number of rotatable bonds is 5. The van der Waals surface area contributed by atoms with E-state index in [9.17, 15) is 15.0 Å². The SMILES string of the molecule is C=Cc1c(C)c(Cl)c2c(c1O)Oc1ccc([C@@H](O)CC(C)C)c(OC)c1C(=O)OC2. The Hall–Kier alpha value is -2.70. The van der Waals surface area contributed by atoms with E-state index >= 15 is 0 Å². The molecule has 0 saturated carbocycles. The van der Waals surface area contributed by atoms with Crippen LogP contribution < -0.4 is 9.47 Å². The number of aromatic hydroxyl groups is 1. The molecule has 2 aromatic carbocycles. The summed E-state index contributed by atoms with van der Waals surface area (Å²) < 4.78 is 16.9. The van der Waals surface area contributed by atoms with E-state index in [2.05, 4.69) is 6.58 Å². The van der Waals surface area contributed by atoms with Crippen LogP contribution in [0.1, 0.15) is 59.0 Å². The third-order valence-electron chi connectivity index (χ3n) is 5.12. The summed E-state index contributed by atoms with van der Waals surface area (Å²) in [5.41, 5.74) is 1.90. The number of carbonyl (C=O) groups is 1. The Bertz CT molecular complexity index is 1010. The normalized spacial score (nSPS) is 14.0. The zero-order valence-corrected chi connectivity index (χ0v) is 18.2. The zero-order chi connectivity index (χ0) is 22.2. The van der Waals surface area contributed by atoms with Gasteiger partial charge in [-0.05, 0) is 37.0 Å². The van der Waals surface area contributed by atoms with Crippen LogP contribution in [0.15, 0.2) is 18.7 Å². The lowest BCUT2D eigenvalue weighted by molar-refractivity contribution is 0.0454. The van der Waals surface area contributed by atoms with E-state index in [0.29, 0.717) is 33.7 Å². The monoisotopic (exact) mass is 432 g/mol. The van der Waals surface area contributed by atoms with Gasteiger partial charge in [-0.25, -0.2) is 4.79 Å². The Balaban J connectivity index is 2.21. The van der Waals surface area contributed by atoms with Gasteiger partial charge >= 0.3 is 5.97 Å². The molecule has 6 nitrogen and oxygen atoms in total. The van der Waals surface area contributed by atoms with Crippen LogP contribution in [0.25, 0.3) is 6.08 Å². The molecule has 0 radical (unpaired) electrons. The average molecular weight is 433 g/mol. The highest BCUT2D eigenvalue weighted by atomic mass is 35.5. The van der Waals surface area contributed by atoms with Crippen molar-refractivity contribution in [2.24, 2.45) is 5.92 Å². The predicted octanol–water partition coefficient (Wildman–Crippen LogP) is 5.55. The second-order valence-corrected chi connectivity index (χ2v) is 7.98. The molecule has 0 aromatic heterocycles. The number of hydrogen-bond acceptors (Lipinski definition) is 6. The van der Waals surface area contributed by atoms with E-state index in [0.717, 1.165) is 0 Å². The van der Waals surface area contributed by atoms with E-state index in [1.807, 2.05) is 13.8 Å². The Morgan fingerprint density at radius 2 is 2.07 bits per heavy atom. The van der Waals surface area contributed by atoms with Crippen molar-refractivity contribution in [3.63, 3.8) is 0 Å². The Kier molecular flexibility index (Phi) is 6.29. The fraction of sp³-hybridized carbons (Fsp3) is 0.348. The van der Waals surface area contributed by atoms with Gasteiger partial charge in [-0.15, -0.1) is 0 Å². The quantitative estimate of drug-likeness (QED) is 0.602. The minimum Gasteiger partial charge on any atom is -0.504 e. The molecule has 0 aliphatic carbocycles. The number of methoxy groups -OCH3 is 1. The van der Waals surface area contributed by atoms with Gasteiger partial charge in [0.25, 0.3) is 0 Å². The van der Waals surface area contributed by atoms with Crippen LogP contribution in [-0.2, 0) is 11.3 Å². The van der Waals surface area contributed by atoms with E-state index in [-0.39, 0.29) is 41.1 Å². The molecule has 0 bridgehead atoms. The lowest BCUT2D eigenvalue weighted by Gasteiger charge is -2.25. The van der Waals surface area contributed by atoms with Gasteiger partial charge in [0.05, 0.1) is 23.8 Å². The summed E-state index contributed by atoms with van der Waals surface area (Å²) in [5, 5.41) is 21.7. The van der Waals surface area contributed by atoms with Crippen molar-refractivity contribution in [2.45, 2.75) is 39.9 Å². The maximum Gasteiger partial charge on any atom is 0.346 e. The van der Waals surface area contributed by atoms with Crippen LogP contribution in [0.5, 0.6) is 23.0 Å². The first-order valence-corrected chi connectivity index (χ1v) is 9.99. The predicted molar refractivity (Wildman–Crippen MR) is 115 cm³/mol. The first-order valence-electron chi connectivity index (χ1n) is 9.61. The number of phenolic OH excluding ortho intramolecular Hbond substituents is 1. The molecule has 2 aromatic rings. The second-order valence-electron chi connectivity index (χ2n) is 7.60. The second kappa shape index (κ2) is 8.58. The van der Waals surface area contributed by atoms with Crippen molar-refractivity contribution in [1.29, 1.82) is 0 Å². The summed E-state index contributed by atoms with van der Waals surface area (Å²) in [7, 11) is 1.41. The maximum atomic E-state index is 12.9. The number of phenols is 1. The number of benzene rings is 2. The van der Waals surface area contributed by atoms with Gasteiger partial charge in [-0.2, -0.15) is 0 Å². The van der Waals surface area contributed by atoms with Crippen LogP contribution in [0.4, 0.5) is 0 Å². The number of halogens is 1. The summed E-state index contributed by atoms with van der Waals surface area (Å²) in [6, 6.07) is 3.19. The summed E-state index contributed by atoms with van der Waals surface area (Å²) in [4.78, 5) is 12.9. The van der Waals surface area contributed by atoms with E-state index < -0.39 is 12.1 Å². The van der Waals surface area contributed by atoms with Gasteiger partial charge in [0.2, 0.25) is 0 Å². The van der Waals surface area contributed by atoms with Crippen LogP contribution >= 0.6 is 11.6 Å². The number of aliphatic hydroxyl groups excluding tert-OH is 1. The summed E-state index contributed by atoms with van der Waals surface area (Å²) >= 11 is 6.45. The minimum absolute atomic E-state index is 0.0414. The van der Waals surface area contributed by atoms with Gasteiger partial charge in [-0.1, -0.05) is 38.1 Å². The lowest BCUT2D eigenvalue weighted by atomic mass is 9.96. The molecule has 0 fully saturated rings. The first-order chi connectivity index (χ1) is 14.2. The van der Waals surface area contributed by atoms with Crippen molar-refractivity contribution in [1.82, 2.24) is 0 Å². The molecule has 1 aliphatic heterocycles. The molecule has 0 spiro atoms. The number of fused-ring (bicyclic) bond motifs is 2. The van der Waals surface area contributed by atoms with Crippen molar-refractivity contribution >= 4 is 23.6 Å². The number of ether oxygens (including phenoxy) is 3. The smallest absolute Gasteiger partial charge is 0.346 e. The molecule has 3 rings (SSSR count). The van der Waals surface area contributed by atoms with Crippen molar-refractivity contribution in [3.8, 4) is 23.0 Å². The van der Waals surface area contributed by atoms with E-state index in [1.54, 1.807) is 19.1 Å². The van der Waals surface area contributed by atoms with Crippen molar-refractivity contribution in [3.05, 3.63) is 51.6 Å². The van der Waals surface area contributed by atoms with Crippen LogP contribution in [-0.4, -0.2) is 23.3 Å². The number of hydrogen-bond donors (Lipinski definition) is 2. The number of cyclic esters (lactones) is 1. The highest BCUT2D eigenvalue weighted by molar-refractivity contribution is 6.32. The molecule has 0 saturated heterocycles. The molecule has 30 heavy (non-hydrogen) atoms. The number of esters is 1. The average Bonchev–Trinajstić information content (AvgIpc) is 2.69. The van der Waals surface area contributed by atoms with Gasteiger partial charge in [-0.3, -0.25) is 0 Å². The molecule has 0 amide bonds. The molecule has 0 unspecified atom stereocenters. The molecule has 7 heteroatoms. The first kappa shape index (κ1) is 22.0. The topological polar surface area (TPSA) is 85.2 Å². The fourth-order valence-electron chi connectivity index (χ4n) is 3.61. The zero-order valence-electron chi connectivity index (χ0n) is 17.4. The Morgan fingerprint density at radius 3 is 2.67 bits per heavy atom. The van der Waals surface area contributed by atoms with E-state index in [4.69, 9.17) is 25.8 Å². The molecule has 1 heterocycles. The minimum atomic E-state index is -0.825. The number of carbonyl (C=O) groups excluding carboxylic acids is 1. The molecule has 1 atom stereocenters. The summed E-state index contributed by atoms with van der Waals surface area (Å²) in [6.07, 6.45) is 1.15. The van der Waals surface area contributed by atoms with Gasteiger partial charge in [0, 0.05) is 11.1 Å². The Morgan fingerprint density at radius 1 is 1.37 bits per heavy atom. The van der Waals surface area contributed by atoms with Gasteiger partial charge in [0.1, 0.15) is 23.7 Å². The van der Waals surface area contributed by atoms with Crippen molar-refractivity contribution < 1.29 is 29.2 Å². The molecular formula is C23H25ClO6. The van der Waals surface area contributed by atoms with Gasteiger partial charge < -0.3 is 24.4 Å². The van der Waals surface area contributed by atoms with Crippen LogP contribution in [0.2, 0.25) is 5.02 Å². The third kappa shape index (κ3) is 3.73. The highest BCUT2D eigenvalue weighted by Crippen LogP contribution is 2.48. The van der Waals surface area contributed by atoms with Crippen LogP contribution in [0, 0.1) is 12.8 Å². The lowest BCUT2D eigenvalue weighted by Crippen LogP contribution is -2.15.